The molecule has 1 N–H and O–H groups in total. The molecule has 0 saturated carbocycles. The van der Waals surface area contributed by atoms with Gasteiger partial charge in [0.05, 0.1) is 36.4 Å². The molecule has 1 saturated heterocycles. The Balaban J connectivity index is 1.44. The van der Waals surface area contributed by atoms with Gasteiger partial charge in [0.2, 0.25) is 16.0 Å². The highest BCUT2D eigenvalue weighted by molar-refractivity contribution is 7.88. The number of aryl methyl sites for hydroxylation is 1. The van der Waals surface area contributed by atoms with E-state index in [-0.39, 0.29) is 23.6 Å². The number of methoxy groups -OCH3 is 1. The fourth-order valence-corrected chi connectivity index (χ4v) is 7.38. The monoisotopic (exact) mass is 660 g/mol. The van der Waals surface area contributed by atoms with Crippen molar-refractivity contribution >= 4 is 27.3 Å². The SMILES string of the molecule is COc1cc(N2CCN(C(C)(C)C)CC2)c(C)cc1Nc1ncc(C(F)(F)F)c(C[C@@H]2Cc3ccccc3[C@H]2N(C)S(C)(=O)=O)n1. The second kappa shape index (κ2) is 12.6. The molecule has 13 heteroatoms. The zero-order valence-corrected chi connectivity index (χ0v) is 28.3. The highest BCUT2D eigenvalue weighted by atomic mass is 32.2. The van der Waals surface area contributed by atoms with Gasteiger partial charge in [-0.05, 0) is 69.2 Å². The third kappa shape index (κ3) is 7.11. The highest BCUT2D eigenvalue weighted by Gasteiger charge is 2.41. The van der Waals surface area contributed by atoms with Crippen LogP contribution < -0.4 is 15.0 Å². The van der Waals surface area contributed by atoms with E-state index in [2.05, 4.69) is 45.9 Å². The maximum atomic E-state index is 14.2. The van der Waals surface area contributed by atoms with Crippen molar-refractivity contribution in [2.24, 2.45) is 5.92 Å². The van der Waals surface area contributed by atoms with Crippen LogP contribution in [-0.2, 0) is 29.0 Å². The molecule has 2 aliphatic rings. The molecule has 0 spiro atoms. The predicted octanol–water partition coefficient (Wildman–Crippen LogP) is 5.82. The van der Waals surface area contributed by atoms with E-state index >= 15 is 0 Å². The average Bonchev–Trinajstić information content (AvgIpc) is 3.33. The average molecular weight is 661 g/mol. The molecule has 0 amide bonds. The Morgan fingerprint density at radius 1 is 1.09 bits per heavy atom. The molecule has 1 aromatic heterocycles. The first-order valence-electron chi connectivity index (χ1n) is 15.4. The van der Waals surface area contributed by atoms with Gasteiger partial charge in [-0.25, -0.2) is 18.4 Å². The lowest BCUT2D eigenvalue weighted by atomic mass is 9.93. The summed E-state index contributed by atoms with van der Waals surface area (Å²) < 4.78 is 74.8. The summed E-state index contributed by atoms with van der Waals surface area (Å²) in [5.74, 6) is 0.0524. The number of fused-ring (bicyclic) bond motifs is 1. The van der Waals surface area contributed by atoms with Crippen molar-refractivity contribution < 1.29 is 26.3 Å². The van der Waals surface area contributed by atoms with Crippen molar-refractivity contribution in [3.8, 4) is 5.75 Å². The number of rotatable bonds is 8. The quantitative estimate of drug-likeness (QED) is 0.323. The number of alkyl halides is 3. The van der Waals surface area contributed by atoms with Crippen LogP contribution in [0.25, 0.3) is 0 Å². The second-order valence-corrected chi connectivity index (χ2v) is 15.3. The van der Waals surface area contributed by atoms with Crippen molar-refractivity contribution in [2.75, 3.05) is 56.8 Å². The minimum Gasteiger partial charge on any atom is -0.494 e. The van der Waals surface area contributed by atoms with Crippen LogP contribution in [0.3, 0.4) is 0 Å². The number of sulfonamides is 1. The van der Waals surface area contributed by atoms with Crippen molar-refractivity contribution in [1.29, 1.82) is 0 Å². The molecule has 2 atom stereocenters. The first-order valence-corrected chi connectivity index (χ1v) is 17.2. The minimum absolute atomic E-state index is 0.00392. The Morgan fingerprint density at radius 3 is 2.37 bits per heavy atom. The number of nitrogens with one attached hydrogen (secondary N) is 1. The van der Waals surface area contributed by atoms with Gasteiger partial charge >= 0.3 is 6.18 Å². The Hall–Kier alpha value is -3.42. The lowest BCUT2D eigenvalue weighted by Crippen LogP contribution is -2.53. The van der Waals surface area contributed by atoms with Gasteiger partial charge in [0.15, 0.2) is 0 Å². The molecular weight excluding hydrogens is 617 g/mol. The number of hydrogen-bond acceptors (Lipinski definition) is 8. The van der Waals surface area contributed by atoms with Crippen molar-refractivity contribution in [3.63, 3.8) is 0 Å². The summed E-state index contributed by atoms with van der Waals surface area (Å²) in [5.41, 5.74) is 3.21. The molecule has 1 fully saturated rings. The number of aromatic nitrogens is 2. The Labute approximate surface area is 269 Å². The summed E-state index contributed by atoms with van der Waals surface area (Å²) in [6.07, 6.45) is -2.47. The molecule has 250 valence electrons. The van der Waals surface area contributed by atoms with Gasteiger partial charge in [-0.15, -0.1) is 0 Å². The number of nitrogens with zero attached hydrogens (tertiary/aromatic N) is 5. The van der Waals surface area contributed by atoms with E-state index in [0.717, 1.165) is 61.0 Å². The van der Waals surface area contributed by atoms with Crippen LogP contribution in [0.1, 0.15) is 54.8 Å². The Morgan fingerprint density at radius 2 is 1.76 bits per heavy atom. The third-order valence-electron chi connectivity index (χ3n) is 9.18. The van der Waals surface area contributed by atoms with Gasteiger partial charge in [0.1, 0.15) is 5.75 Å². The summed E-state index contributed by atoms with van der Waals surface area (Å²) in [5, 5.41) is 3.09. The maximum Gasteiger partial charge on any atom is 0.419 e. The summed E-state index contributed by atoms with van der Waals surface area (Å²) in [6.45, 7) is 12.2. The molecule has 1 aliphatic carbocycles. The molecule has 46 heavy (non-hydrogen) atoms. The third-order valence-corrected chi connectivity index (χ3v) is 10.5. The number of piperazine rings is 1. The molecule has 5 rings (SSSR count). The molecule has 0 radical (unpaired) electrons. The molecule has 3 aromatic rings. The standard InChI is InChI=1S/C33H43F3N6O3S/c1-21-16-27(29(45-6)19-28(21)41-12-14-42(15-13-41)32(2,3)4)39-31-37-20-25(33(34,35)36)26(38-31)18-23-17-22-10-8-9-11-24(22)30(23)40(5)46(7,43)44/h8-11,16,19-20,23,30H,12-15,17-18H2,1-7H3,(H,37,38,39)/t23-,30-/m0/s1. The Kier molecular flexibility index (Phi) is 9.33. The topological polar surface area (TPSA) is 90.9 Å². The number of anilines is 3. The van der Waals surface area contributed by atoms with E-state index in [4.69, 9.17) is 4.74 Å². The first kappa shape index (κ1) is 33.9. The fraction of sp³-hybridized carbons (Fsp3) is 0.515. The van der Waals surface area contributed by atoms with Gasteiger partial charge in [-0.2, -0.15) is 17.5 Å². The number of halogens is 3. The molecule has 2 aromatic carbocycles. The van der Waals surface area contributed by atoms with Crippen LogP contribution in [-0.4, -0.2) is 79.7 Å². The minimum atomic E-state index is -4.69. The molecule has 1 aliphatic heterocycles. The van der Waals surface area contributed by atoms with Gasteiger partial charge in [-0.3, -0.25) is 4.90 Å². The molecule has 9 nitrogen and oxygen atoms in total. The van der Waals surface area contributed by atoms with Gasteiger partial charge in [0, 0.05) is 56.7 Å². The summed E-state index contributed by atoms with van der Waals surface area (Å²) in [7, 11) is -0.613. The van der Waals surface area contributed by atoms with Crippen LogP contribution >= 0.6 is 0 Å². The van der Waals surface area contributed by atoms with Gasteiger partial charge < -0.3 is 15.0 Å². The fourth-order valence-electron chi connectivity index (χ4n) is 6.68. The van der Waals surface area contributed by atoms with Crippen molar-refractivity contribution in [3.05, 3.63) is 70.5 Å². The van der Waals surface area contributed by atoms with E-state index < -0.39 is 33.7 Å². The van der Waals surface area contributed by atoms with Crippen LogP contribution in [0.5, 0.6) is 5.75 Å². The first-order chi connectivity index (χ1) is 21.5. The predicted molar refractivity (Wildman–Crippen MR) is 174 cm³/mol. The van der Waals surface area contributed by atoms with Crippen LogP contribution in [0, 0.1) is 12.8 Å². The zero-order valence-electron chi connectivity index (χ0n) is 27.4. The summed E-state index contributed by atoms with van der Waals surface area (Å²) >= 11 is 0. The maximum absolute atomic E-state index is 14.2. The van der Waals surface area contributed by atoms with E-state index in [1.165, 1.54) is 11.4 Å². The number of ether oxygens (including phenoxy) is 1. The lowest BCUT2D eigenvalue weighted by molar-refractivity contribution is -0.138. The molecule has 0 unspecified atom stereocenters. The largest absolute Gasteiger partial charge is 0.494 e. The van der Waals surface area contributed by atoms with Crippen LogP contribution in [0.15, 0.2) is 42.6 Å². The molecular formula is C33H43F3N6O3S. The smallest absolute Gasteiger partial charge is 0.419 e. The normalized spacial score (nSPS) is 19.4. The molecule has 0 bridgehead atoms. The Bertz CT molecular complexity index is 1680. The van der Waals surface area contributed by atoms with E-state index in [0.29, 0.717) is 17.9 Å². The van der Waals surface area contributed by atoms with Crippen LogP contribution in [0.2, 0.25) is 0 Å². The zero-order chi connectivity index (χ0) is 33.6. The van der Waals surface area contributed by atoms with Crippen molar-refractivity contribution in [1.82, 2.24) is 19.2 Å². The second-order valence-electron chi connectivity index (χ2n) is 13.3. The highest BCUT2D eigenvalue weighted by Crippen LogP contribution is 2.44. The number of benzene rings is 2. The molecule has 2 heterocycles. The van der Waals surface area contributed by atoms with E-state index in [9.17, 15) is 21.6 Å². The van der Waals surface area contributed by atoms with Crippen LogP contribution in [0.4, 0.5) is 30.5 Å². The van der Waals surface area contributed by atoms with E-state index in [1.807, 2.05) is 43.3 Å². The lowest BCUT2D eigenvalue weighted by Gasteiger charge is -2.43. The summed E-state index contributed by atoms with van der Waals surface area (Å²) in [4.78, 5) is 13.2. The summed E-state index contributed by atoms with van der Waals surface area (Å²) in [6, 6.07) is 10.6. The van der Waals surface area contributed by atoms with Crippen molar-refractivity contribution in [2.45, 2.75) is 58.3 Å². The van der Waals surface area contributed by atoms with E-state index in [1.54, 1.807) is 7.11 Å². The van der Waals surface area contributed by atoms with Gasteiger partial charge in [0.25, 0.3) is 0 Å². The number of hydrogen-bond donors (Lipinski definition) is 1. The van der Waals surface area contributed by atoms with Gasteiger partial charge in [-0.1, -0.05) is 24.3 Å².